The van der Waals surface area contributed by atoms with Crippen LogP contribution in [0.3, 0.4) is 0 Å². The zero-order valence-electron chi connectivity index (χ0n) is 14.2. The van der Waals surface area contributed by atoms with Crippen molar-refractivity contribution in [2.24, 2.45) is 0 Å². The van der Waals surface area contributed by atoms with Crippen LogP contribution in [0.15, 0.2) is 0 Å². The van der Waals surface area contributed by atoms with E-state index in [1.165, 1.54) is 38.5 Å². The van der Waals surface area contributed by atoms with Crippen molar-refractivity contribution in [2.75, 3.05) is 0 Å². The van der Waals surface area contributed by atoms with Crippen molar-refractivity contribution in [1.82, 2.24) is 0 Å². The molecular weight excluding hydrogens is 304 g/mol. The number of hydrogen-bond donors (Lipinski definition) is 0. The van der Waals surface area contributed by atoms with Crippen molar-refractivity contribution in [3.63, 3.8) is 0 Å². The van der Waals surface area contributed by atoms with Crippen molar-refractivity contribution in [2.45, 2.75) is 78.1 Å². The molecule has 2 heteroatoms. The summed E-state index contributed by atoms with van der Waals surface area (Å²) in [5.74, 6) is 1.48. The van der Waals surface area contributed by atoms with Gasteiger partial charge in [-0.15, -0.1) is 22.7 Å². The lowest BCUT2D eigenvalue weighted by atomic mass is 9.89. The predicted octanol–water partition coefficient (Wildman–Crippen LogP) is 6.31. The smallest absolute Gasteiger partial charge is 0.0109 e. The van der Waals surface area contributed by atoms with Crippen LogP contribution in [-0.2, 0) is 25.7 Å². The number of rotatable bonds is 3. The minimum Gasteiger partial charge on any atom is -0.145 e. The lowest BCUT2D eigenvalue weighted by Gasteiger charge is -2.15. The fraction of sp³-hybridized carbons (Fsp3) is 0.600. The van der Waals surface area contributed by atoms with Crippen LogP contribution in [0.5, 0.6) is 0 Å². The third-order valence-corrected chi connectivity index (χ3v) is 8.34. The molecule has 2 aliphatic carbocycles. The van der Waals surface area contributed by atoms with Crippen LogP contribution >= 0.6 is 22.7 Å². The van der Waals surface area contributed by atoms with E-state index in [2.05, 4.69) is 39.0 Å². The average Bonchev–Trinajstić information content (AvgIpc) is 3.16. The molecule has 0 N–H and O–H groups in total. The highest BCUT2D eigenvalue weighted by molar-refractivity contribution is 7.12. The van der Waals surface area contributed by atoms with Gasteiger partial charge < -0.3 is 0 Å². The molecule has 0 fully saturated rings. The molecule has 0 bridgehead atoms. The van der Waals surface area contributed by atoms with E-state index in [0.29, 0.717) is 5.92 Å². The molecule has 22 heavy (non-hydrogen) atoms. The molecule has 0 radical (unpaired) electrons. The molecule has 118 valence electrons. The first-order chi connectivity index (χ1) is 10.6. The SMILES string of the molecule is Cc1sc(C)c2c1CCC2Cc1c(C(C)C)sc2c1CCC2. The summed E-state index contributed by atoms with van der Waals surface area (Å²) in [6.45, 7) is 9.42. The molecule has 0 saturated heterocycles. The Labute approximate surface area is 142 Å². The molecule has 2 aliphatic rings. The van der Waals surface area contributed by atoms with E-state index in [4.69, 9.17) is 0 Å². The first kappa shape index (κ1) is 15.0. The number of fused-ring (bicyclic) bond motifs is 2. The predicted molar refractivity (Wildman–Crippen MR) is 99.0 cm³/mol. The fourth-order valence-electron chi connectivity index (χ4n) is 4.69. The Kier molecular flexibility index (Phi) is 3.73. The Morgan fingerprint density at radius 1 is 1.00 bits per heavy atom. The van der Waals surface area contributed by atoms with Gasteiger partial charge in [0.05, 0.1) is 0 Å². The van der Waals surface area contributed by atoms with Gasteiger partial charge >= 0.3 is 0 Å². The van der Waals surface area contributed by atoms with Gasteiger partial charge in [0.15, 0.2) is 0 Å². The van der Waals surface area contributed by atoms with Gasteiger partial charge in [0.2, 0.25) is 0 Å². The zero-order valence-corrected chi connectivity index (χ0v) is 15.8. The second kappa shape index (κ2) is 5.49. The van der Waals surface area contributed by atoms with Crippen molar-refractivity contribution >= 4 is 22.7 Å². The van der Waals surface area contributed by atoms with Crippen LogP contribution in [0.25, 0.3) is 0 Å². The van der Waals surface area contributed by atoms with Crippen molar-refractivity contribution in [3.8, 4) is 0 Å². The Morgan fingerprint density at radius 3 is 2.59 bits per heavy atom. The molecule has 0 aromatic carbocycles. The normalized spacial score (nSPS) is 20.0. The van der Waals surface area contributed by atoms with E-state index < -0.39 is 0 Å². The van der Waals surface area contributed by atoms with Crippen LogP contribution < -0.4 is 0 Å². The Balaban J connectivity index is 1.71. The highest BCUT2D eigenvalue weighted by Crippen LogP contribution is 2.46. The maximum absolute atomic E-state index is 2.38. The topological polar surface area (TPSA) is 0 Å². The number of thiophene rings is 2. The highest BCUT2D eigenvalue weighted by atomic mass is 32.1. The van der Waals surface area contributed by atoms with Gasteiger partial charge in [-0.2, -0.15) is 0 Å². The van der Waals surface area contributed by atoms with Gasteiger partial charge in [-0.1, -0.05) is 13.8 Å². The van der Waals surface area contributed by atoms with E-state index >= 15 is 0 Å². The third-order valence-electron chi connectivity index (χ3n) is 5.62. The Morgan fingerprint density at radius 2 is 1.82 bits per heavy atom. The molecule has 1 atom stereocenters. The van der Waals surface area contributed by atoms with Gasteiger partial charge in [0.25, 0.3) is 0 Å². The summed E-state index contributed by atoms with van der Waals surface area (Å²) in [6, 6.07) is 0. The highest BCUT2D eigenvalue weighted by Gasteiger charge is 2.31. The van der Waals surface area contributed by atoms with Crippen molar-refractivity contribution in [3.05, 3.63) is 41.8 Å². The Bertz CT molecular complexity index is 715. The van der Waals surface area contributed by atoms with Gasteiger partial charge in [-0.3, -0.25) is 0 Å². The molecule has 2 heterocycles. The minimum atomic E-state index is 0.691. The second-order valence-electron chi connectivity index (χ2n) is 7.40. The second-order valence-corrected chi connectivity index (χ2v) is 9.97. The summed E-state index contributed by atoms with van der Waals surface area (Å²) in [5, 5.41) is 0. The summed E-state index contributed by atoms with van der Waals surface area (Å²) < 4.78 is 0. The lowest BCUT2D eigenvalue weighted by Crippen LogP contribution is -2.03. The molecule has 4 rings (SSSR count). The van der Waals surface area contributed by atoms with Gasteiger partial charge in [0.1, 0.15) is 0 Å². The van der Waals surface area contributed by atoms with Crippen molar-refractivity contribution < 1.29 is 0 Å². The molecule has 0 aliphatic heterocycles. The van der Waals surface area contributed by atoms with E-state index in [0.717, 1.165) is 5.92 Å². The van der Waals surface area contributed by atoms with E-state index in [1.807, 2.05) is 11.3 Å². The molecule has 0 nitrogen and oxygen atoms in total. The van der Waals surface area contributed by atoms with Crippen molar-refractivity contribution in [1.29, 1.82) is 0 Å². The molecule has 0 amide bonds. The van der Waals surface area contributed by atoms with E-state index in [1.54, 1.807) is 41.8 Å². The summed E-state index contributed by atoms with van der Waals surface area (Å²) in [6.07, 6.45) is 8.07. The van der Waals surface area contributed by atoms with E-state index in [-0.39, 0.29) is 0 Å². The van der Waals surface area contributed by atoms with E-state index in [9.17, 15) is 0 Å². The monoisotopic (exact) mass is 330 g/mol. The number of aryl methyl sites for hydroxylation is 3. The summed E-state index contributed by atoms with van der Waals surface area (Å²) in [5.41, 5.74) is 6.95. The molecule has 2 aromatic rings. The van der Waals surface area contributed by atoms with Gasteiger partial charge in [0, 0.05) is 19.5 Å². The average molecular weight is 331 g/mol. The molecule has 2 aromatic heterocycles. The number of hydrogen-bond acceptors (Lipinski definition) is 2. The fourth-order valence-corrected chi connectivity index (χ4v) is 7.31. The van der Waals surface area contributed by atoms with Crippen LogP contribution in [0.4, 0.5) is 0 Å². The lowest BCUT2D eigenvalue weighted by molar-refractivity contribution is 0.663. The van der Waals surface area contributed by atoms with Crippen LogP contribution in [0.1, 0.15) is 80.3 Å². The third kappa shape index (κ3) is 2.22. The molecule has 1 unspecified atom stereocenters. The largest absolute Gasteiger partial charge is 0.145 e. The molecule has 0 saturated carbocycles. The van der Waals surface area contributed by atoms with Crippen LogP contribution in [0, 0.1) is 13.8 Å². The van der Waals surface area contributed by atoms with Crippen LogP contribution in [0.2, 0.25) is 0 Å². The summed E-state index contributed by atoms with van der Waals surface area (Å²) >= 11 is 4.16. The maximum atomic E-state index is 2.38. The quantitative estimate of drug-likeness (QED) is 0.618. The first-order valence-corrected chi connectivity index (χ1v) is 10.4. The summed E-state index contributed by atoms with van der Waals surface area (Å²) in [4.78, 5) is 6.58. The summed E-state index contributed by atoms with van der Waals surface area (Å²) in [7, 11) is 0. The van der Waals surface area contributed by atoms with Crippen LogP contribution in [-0.4, -0.2) is 0 Å². The minimum absolute atomic E-state index is 0.691. The molecule has 0 spiro atoms. The standard InChI is InChI=1S/C20H26S2/c1-11(2)20-17(16-6-5-7-18(16)22-20)10-14-8-9-15-12(3)21-13(4)19(14)15/h11,14H,5-10H2,1-4H3. The Hall–Kier alpha value is -0.600. The van der Waals surface area contributed by atoms with Gasteiger partial charge in [-0.25, -0.2) is 0 Å². The molecular formula is C20H26S2. The first-order valence-electron chi connectivity index (χ1n) is 8.78. The van der Waals surface area contributed by atoms with Gasteiger partial charge in [-0.05, 0) is 86.5 Å². The zero-order chi connectivity index (χ0) is 15.4. The maximum Gasteiger partial charge on any atom is 0.0109 e.